The summed E-state index contributed by atoms with van der Waals surface area (Å²) in [4.78, 5) is 32.5. The first-order valence-electron chi connectivity index (χ1n) is 9.87. The second kappa shape index (κ2) is 8.91. The third kappa shape index (κ3) is 4.89. The average Bonchev–Trinajstić information content (AvgIpc) is 3.20. The lowest BCUT2D eigenvalue weighted by atomic mass is 10.1. The highest BCUT2D eigenvalue weighted by Crippen LogP contribution is 2.31. The van der Waals surface area contributed by atoms with Crippen molar-refractivity contribution in [3.63, 3.8) is 0 Å². The van der Waals surface area contributed by atoms with Gasteiger partial charge in [0.25, 0.3) is 5.56 Å². The summed E-state index contributed by atoms with van der Waals surface area (Å²) in [5.41, 5.74) is -2.42. The topological polar surface area (TPSA) is 124 Å². The van der Waals surface area contributed by atoms with Crippen molar-refractivity contribution in [2.75, 3.05) is 5.32 Å². The number of anilines is 1. The lowest BCUT2D eigenvalue weighted by Gasteiger charge is -2.16. The van der Waals surface area contributed by atoms with Gasteiger partial charge < -0.3 is 15.2 Å². The molecule has 0 unspecified atom stereocenters. The van der Waals surface area contributed by atoms with Crippen LogP contribution in [0, 0.1) is 6.92 Å². The number of nitrogens with zero attached hydrogens (tertiary/aromatic N) is 5. The van der Waals surface area contributed by atoms with E-state index >= 15 is 0 Å². The van der Waals surface area contributed by atoms with E-state index in [4.69, 9.17) is 16.3 Å². The van der Waals surface area contributed by atoms with Crippen molar-refractivity contribution in [1.82, 2.24) is 24.1 Å². The zero-order valence-corrected chi connectivity index (χ0v) is 18.8. The van der Waals surface area contributed by atoms with E-state index in [2.05, 4.69) is 20.4 Å². The summed E-state index contributed by atoms with van der Waals surface area (Å²) in [6.45, 7) is 1.06. The Bertz CT molecular complexity index is 1520. The van der Waals surface area contributed by atoms with Gasteiger partial charge in [-0.1, -0.05) is 11.6 Å². The van der Waals surface area contributed by atoms with Gasteiger partial charge in [0, 0.05) is 25.4 Å². The van der Waals surface area contributed by atoms with Gasteiger partial charge in [-0.25, -0.2) is 9.78 Å². The SMILES string of the molecule is Cc1c(Oc2cnn(C)c2)nc2c(CNc3ccc(Cl)nc3C(=O)O)cc(C(F)(F)F)cn2c1=O. The van der Waals surface area contributed by atoms with Crippen LogP contribution in [0.1, 0.15) is 27.2 Å². The summed E-state index contributed by atoms with van der Waals surface area (Å²) in [5, 5.41) is 16.0. The second-order valence-electron chi connectivity index (χ2n) is 7.43. The molecule has 0 amide bonds. The van der Waals surface area contributed by atoms with Gasteiger partial charge >= 0.3 is 12.1 Å². The largest absolute Gasteiger partial charge is 0.476 e. The molecule has 0 aliphatic carbocycles. The van der Waals surface area contributed by atoms with Crippen LogP contribution in [0.25, 0.3) is 5.65 Å². The number of carbonyl (C=O) groups is 1. The number of aromatic nitrogens is 5. The Hall–Kier alpha value is -4.13. The summed E-state index contributed by atoms with van der Waals surface area (Å²) in [5.74, 6) is -1.22. The van der Waals surface area contributed by atoms with Crippen molar-refractivity contribution in [1.29, 1.82) is 0 Å². The Labute approximate surface area is 199 Å². The van der Waals surface area contributed by atoms with Crippen LogP contribution in [0.3, 0.4) is 0 Å². The molecule has 0 aliphatic heterocycles. The summed E-state index contributed by atoms with van der Waals surface area (Å²) < 4.78 is 48.6. The number of aromatic carboxylic acids is 1. The minimum absolute atomic E-state index is 0.0127. The lowest BCUT2D eigenvalue weighted by molar-refractivity contribution is -0.137. The van der Waals surface area contributed by atoms with Crippen molar-refractivity contribution in [3.8, 4) is 11.6 Å². The number of carboxylic acid groups (broad SMARTS) is 1. The third-order valence-electron chi connectivity index (χ3n) is 4.94. The van der Waals surface area contributed by atoms with Crippen LogP contribution in [0.2, 0.25) is 5.15 Å². The summed E-state index contributed by atoms with van der Waals surface area (Å²) in [7, 11) is 1.65. The molecular formula is C21H16ClF3N6O4. The fourth-order valence-electron chi connectivity index (χ4n) is 3.26. The lowest BCUT2D eigenvalue weighted by Crippen LogP contribution is -2.22. The molecule has 182 valence electrons. The van der Waals surface area contributed by atoms with E-state index < -0.39 is 29.0 Å². The number of ether oxygens (including phenoxy) is 1. The van der Waals surface area contributed by atoms with Gasteiger partial charge in [-0.2, -0.15) is 23.3 Å². The minimum Gasteiger partial charge on any atom is -0.476 e. The molecule has 4 heterocycles. The van der Waals surface area contributed by atoms with Gasteiger partial charge in [-0.3, -0.25) is 13.9 Å². The van der Waals surface area contributed by atoms with Crippen molar-refractivity contribution >= 4 is 28.9 Å². The molecule has 4 aromatic rings. The first-order chi connectivity index (χ1) is 16.4. The monoisotopic (exact) mass is 508 g/mol. The summed E-state index contributed by atoms with van der Waals surface area (Å²) >= 11 is 5.75. The third-order valence-corrected chi connectivity index (χ3v) is 5.15. The van der Waals surface area contributed by atoms with Crippen LogP contribution in [0.15, 0.2) is 41.6 Å². The molecule has 0 atom stereocenters. The normalized spacial score (nSPS) is 11.6. The maximum atomic E-state index is 13.6. The van der Waals surface area contributed by atoms with E-state index in [0.717, 1.165) is 10.5 Å². The predicted molar refractivity (Wildman–Crippen MR) is 118 cm³/mol. The number of nitrogens with one attached hydrogen (secondary N) is 1. The van der Waals surface area contributed by atoms with Crippen LogP contribution >= 0.6 is 11.6 Å². The summed E-state index contributed by atoms with van der Waals surface area (Å²) in [6, 6.07) is 3.48. The number of rotatable bonds is 6. The zero-order chi connectivity index (χ0) is 25.5. The number of alkyl halides is 3. The Morgan fingerprint density at radius 3 is 2.63 bits per heavy atom. The molecule has 0 saturated carbocycles. The molecule has 4 aromatic heterocycles. The van der Waals surface area contributed by atoms with E-state index in [1.165, 1.54) is 36.1 Å². The van der Waals surface area contributed by atoms with E-state index in [1.54, 1.807) is 7.05 Å². The number of carboxylic acids is 1. The molecule has 4 rings (SSSR count). The maximum absolute atomic E-state index is 13.6. The fourth-order valence-corrected chi connectivity index (χ4v) is 3.40. The van der Waals surface area contributed by atoms with Gasteiger partial charge in [-0.05, 0) is 25.1 Å². The van der Waals surface area contributed by atoms with Crippen molar-refractivity contribution in [2.24, 2.45) is 7.05 Å². The summed E-state index contributed by atoms with van der Waals surface area (Å²) in [6.07, 6.45) is -1.19. The fraction of sp³-hybridized carbons (Fsp3) is 0.190. The molecule has 35 heavy (non-hydrogen) atoms. The second-order valence-corrected chi connectivity index (χ2v) is 7.82. The number of hydrogen-bond acceptors (Lipinski definition) is 7. The average molecular weight is 509 g/mol. The highest BCUT2D eigenvalue weighted by atomic mass is 35.5. The number of hydrogen-bond donors (Lipinski definition) is 2. The number of halogens is 4. The van der Waals surface area contributed by atoms with E-state index in [0.29, 0.717) is 6.20 Å². The molecule has 0 aliphatic rings. The van der Waals surface area contributed by atoms with E-state index in [9.17, 15) is 27.9 Å². The first-order valence-corrected chi connectivity index (χ1v) is 10.2. The molecule has 0 saturated heterocycles. The van der Waals surface area contributed by atoms with Crippen LogP contribution < -0.4 is 15.6 Å². The van der Waals surface area contributed by atoms with Crippen molar-refractivity contribution in [2.45, 2.75) is 19.6 Å². The van der Waals surface area contributed by atoms with Crippen molar-refractivity contribution in [3.05, 3.63) is 74.7 Å². The smallest absolute Gasteiger partial charge is 0.417 e. The standard InChI is InChI=1S/C21H16ClF3N6O4/c1-10-18(35-13-7-27-30(2)9-13)29-17-11(5-12(21(23,24)25)8-31(17)19(10)32)6-26-14-3-4-15(22)28-16(14)20(33)34/h3-5,7-9,26H,6H2,1-2H3,(H,33,34). The number of pyridine rings is 2. The zero-order valence-electron chi connectivity index (χ0n) is 18.1. The van der Waals surface area contributed by atoms with Gasteiger partial charge in [0.1, 0.15) is 10.8 Å². The quantitative estimate of drug-likeness (QED) is 0.376. The molecule has 0 radical (unpaired) electrons. The van der Waals surface area contributed by atoms with Crippen LogP contribution in [-0.2, 0) is 19.8 Å². The number of fused-ring (bicyclic) bond motifs is 1. The Morgan fingerprint density at radius 2 is 2.00 bits per heavy atom. The van der Waals surface area contributed by atoms with Crippen LogP contribution in [-0.4, -0.2) is 35.2 Å². The van der Waals surface area contributed by atoms with Gasteiger partial charge in [-0.15, -0.1) is 0 Å². The van der Waals surface area contributed by atoms with Gasteiger partial charge in [0.15, 0.2) is 11.4 Å². The Kier molecular flexibility index (Phi) is 6.11. The Morgan fingerprint density at radius 1 is 1.26 bits per heavy atom. The molecule has 2 N–H and O–H groups in total. The minimum atomic E-state index is -4.75. The first kappa shape index (κ1) is 24.0. The molecule has 14 heteroatoms. The van der Waals surface area contributed by atoms with E-state index in [1.807, 2.05) is 0 Å². The molecule has 0 bridgehead atoms. The molecule has 0 aromatic carbocycles. The van der Waals surface area contributed by atoms with Crippen LogP contribution in [0.4, 0.5) is 18.9 Å². The predicted octanol–water partition coefficient (Wildman–Crippen LogP) is 3.91. The molecular weight excluding hydrogens is 493 g/mol. The van der Waals surface area contributed by atoms with E-state index in [-0.39, 0.29) is 45.8 Å². The molecule has 0 fully saturated rings. The highest BCUT2D eigenvalue weighted by molar-refractivity contribution is 6.29. The van der Waals surface area contributed by atoms with Crippen molar-refractivity contribution < 1.29 is 27.8 Å². The number of aryl methyl sites for hydroxylation is 1. The maximum Gasteiger partial charge on any atom is 0.417 e. The van der Waals surface area contributed by atoms with Gasteiger partial charge in [0.2, 0.25) is 5.88 Å². The highest BCUT2D eigenvalue weighted by Gasteiger charge is 2.32. The molecule has 0 spiro atoms. The molecule has 10 nitrogen and oxygen atoms in total. The Balaban J connectivity index is 1.84. The van der Waals surface area contributed by atoms with Crippen LogP contribution in [0.5, 0.6) is 11.6 Å². The van der Waals surface area contributed by atoms with Gasteiger partial charge in [0.05, 0.1) is 29.2 Å².